The van der Waals surface area contributed by atoms with E-state index in [2.05, 4.69) is 118 Å². The third-order valence-corrected chi connectivity index (χ3v) is 6.19. The van der Waals surface area contributed by atoms with Gasteiger partial charge in [-0.1, -0.05) is 126 Å². The maximum absolute atomic E-state index is 3.61. The fourth-order valence-electron chi connectivity index (χ4n) is 4.43. The first-order valence-electron chi connectivity index (χ1n) is 12.2. The molecule has 5 aromatic carbocycles. The van der Waals surface area contributed by atoms with E-state index >= 15 is 0 Å². The number of nitrogens with one attached hydrogen (secondary N) is 1. The van der Waals surface area contributed by atoms with Crippen molar-refractivity contribution in [1.29, 1.82) is 0 Å². The molecule has 174 valence electrons. The molecule has 0 saturated carbocycles. The number of para-hydroxylation sites is 1. The minimum absolute atomic E-state index is 1.20. The second-order valence-corrected chi connectivity index (χ2v) is 8.81. The predicted octanol–water partition coefficient (Wildman–Crippen LogP) is 9.81. The molecule has 1 nitrogen and oxygen atoms in total. The van der Waals surface area contributed by atoms with E-state index in [0.717, 1.165) is 0 Å². The molecule has 0 unspecified atom stereocenters. The van der Waals surface area contributed by atoms with Crippen molar-refractivity contribution in [2.45, 2.75) is 27.7 Å². The van der Waals surface area contributed by atoms with Crippen LogP contribution in [-0.4, -0.2) is 4.98 Å². The van der Waals surface area contributed by atoms with Crippen LogP contribution < -0.4 is 0 Å². The number of H-pyrrole nitrogens is 1. The SMILES string of the molecule is C/C=C\c1c(C)c2ccccc2c2[nH]c3ccccc3c12.Cc1ccccc1.Cc1ccccc1. The summed E-state index contributed by atoms with van der Waals surface area (Å²) in [6, 6.07) is 37.7. The molecule has 0 amide bonds. The maximum atomic E-state index is 3.61. The summed E-state index contributed by atoms with van der Waals surface area (Å²) in [4.78, 5) is 3.61. The topological polar surface area (TPSA) is 15.8 Å². The first-order valence-corrected chi connectivity index (χ1v) is 12.2. The maximum Gasteiger partial charge on any atom is 0.0550 e. The molecule has 0 aliphatic rings. The van der Waals surface area contributed by atoms with Crippen LogP contribution in [0.4, 0.5) is 0 Å². The Bertz CT molecular complexity index is 1520. The zero-order valence-electron chi connectivity index (χ0n) is 21.0. The molecule has 0 radical (unpaired) electrons. The van der Waals surface area contributed by atoms with Gasteiger partial charge in [0.1, 0.15) is 0 Å². The van der Waals surface area contributed by atoms with Crippen LogP contribution in [0.1, 0.15) is 29.2 Å². The Labute approximate surface area is 208 Å². The van der Waals surface area contributed by atoms with E-state index in [0.29, 0.717) is 0 Å². The summed E-state index contributed by atoms with van der Waals surface area (Å²) in [5, 5.41) is 5.26. The summed E-state index contributed by atoms with van der Waals surface area (Å²) in [5.74, 6) is 0. The van der Waals surface area contributed by atoms with Crippen LogP contribution in [0.3, 0.4) is 0 Å². The predicted molar refractivity (Wildman–Crippen MR) is 155 cm³/mol. The monoisotopic (exact) mass is 455 g/mol. The molecule has 0 aliphatic heterocycles. The van der Waals surface area contributed by atoms with Crippen LogP contribution in [0.2, 0.25) is 0 Å². The van der Waals surface area contributed by atoms with Gasteiger partial charge < -0.3 is 4.98 Å². The zero-order chi connectivity index (χ0) is 24.6. The van der Waals surface area contributed by atoms with Crippen molar-refractivity contribution in [2.24, 2.45) is 0 Å². The van der Waals surface area contributed by atoms with Crippen LogP contribution in [0.25, 0.3) is 38.7 Å². The van der Waals surface area contributed by atoms with Gasteiger partial charge in [0.05, 0.1) is 5.52 Å². The summed E-state index contributed by atoms with van der Waals surface area (Å²) in [7, 11) is 0. The molecule has 35 heavy (non-hydrogen) atoms. The largest absolute Gasteiger partial charge is 0.354 e. The molecule has 6 rings (SSSR count). The molecular formula is C34H33N. The van der Waals surface area contributed by atoms with Gasteiger partial charge in [-0.05, 0) is 50.3 Å². The number of hydrogen-bond donors (Lipinski definition) is 1. The number of allylic oxidation sites excluding steroid dienone is 1. The molecule has 0 aliphatic carbocycles. The second-order valence-electron chi connectivity index (χ2n) is 8.81. The molecule has 1 heteroatoms. The van der Waals surface area contributed by atoms with Crippen molar-refractivity contribution in [3.63, 3.8) is 0 Å². The quantitative estimate of drug-likeness (QED) is 0.254. The normalized spacial score (nSPS) is 10.7. The molecule has 6 aromatic rings. The number of fused-ring (bicyclic) bond motifs is 5. The van der Waals surface area contributed by atoms with Crippen LogP contribution in [-0.2, 0) is 0 Å². The van der Waals surface area contributed by atoms with Crippen molar-refractivity contribution in [1.82, 2.24) is 4.98 Å². The number of aromatic amines is 1. The number of hydrogen-bond acceptors (Lipinski definition) is 0. The van der Waals surface area contributed by atoms with Crippen molar-refractivity contribution < 1.29 is 0 Å². The Morgan fingerprint density at radius 2 is 1.03 bits per heavy atom. The highest BCUT2D eigenvalue weighted by Gasteiger charge is 2.14. The lowest BCUT2D eigenvalue weighted by Gasteiger charge is -2.09. The Balaban J connectivity index is 0.000000168. The molecule has 0 fully saturated rings. The third-order valence-electron chi connectivity index (χ3n) is 6.19. The van der Waals surface area contributed by atoms with E-state index in [-0.39, 0.29) is 0 Å². The molecule has 0 atom stereocenters. The lowest BCUT2D eigenvalue weighted by molar-refractivity contribution is 1.48. The first-order chi connectivity index (χ1) is 17.1. The number of benzene rings is 5. The van der Waals surface area contributed by atoms with Crippen molar-refractivity contribution >= 4 is 38.7 Å². The van der Waals surface area contributed by atoms with E-state index < -0.39 is 0 Å². The lowest BCUT2D eigenvalue weighted by Crippen LogP contribution is -1.87. The van der Waals surface area contributed by atoms with E-state index in [1.165, 1.54) is 54.8 Å². The van der Waals surface area contributed by atoms with Gasteiger partial charge in [0.25, 0.3) is 0 Å². The molecule has 1 heterocycles. The second kappa shape index (κ2) is 11.4. The molecule has 1 aromatic heterocycles. The van der Waals surface area contributed by atoms with Crippen LogP contribution in [0.5, 0.6) is 0 Å². The average Bonchev–Trinajstić information content (AvgIpc) is 3.28. The summed E-state index contributed by atoms with van der Waals surface area (Å²) < 4.78 is 0. The molecular weight excluding hydrogens is 422 g/mol. The van der Waals surface area contributed by atoms with E-state index in [9.17, 15) is 0 Å². The number of aryl methyl sites for hydroxylation is 3. The van der Waals surface area contributed by atoms with Crippen molar-refractivity contribution in [3.05, 3.63) is 138 Å². The molecule has 0 spiro atoms. The number of aromatic nitrogens is 1. The van der Waals surface area contributed by atoms with Crippen LogP contribution in [0.15, 0.2) is 115 Å². The summed E-state index contributed by atoms with van der Waals surface area (Å²) >= 11 is 0. The first kappa shape index (κ1) is 24.0. The highest BCUT2D eigenvalue weighted by atomic mass is 14.7. The lowest BCUT2D eigenvalue weighted by atomic mass is 9.94. The Kier molecular flexibility index (Phi) is 7.80. The van der Waals surface area contributed by atoms with Gasteiger partial charge in [0.15, 0.2) is 0 Å². The third kappa shape index (κ3) is 5.53. The average molecular weight is 456 g/mol. The standard InChI is InChI=1S/C20H17N.2C7H8/c1-3-8-15-13(2)14-9-4-5-10-16(14)20-19(15)17-11-6-7-12-18(17)21-20;2*1-7-5-3-2-4-6-7/h3-12,21H,1-2H3;2*2-6H,1H3/b8-3-;;. The zero-order valence-corrected chi connectivity index (χ0v) is 21.0. The Morgan fingerprint density at radius 1 is 0.543 bits per heavy atom. The van der Waals surface area contributed by atoms with Gasteiger partial charge in [-0.15, -0.1) is 0 Å². The Hall–Kier alpha value is -4.10. The fourth-order valence-corrected chi connectivity index (χ4v) is 4.43. The van der Waals surface area contributed by atoms with E-state index in [4.69, 9.17) is 0 Å². The summed E-state index contributed by atoms with van der Waals surface area (Å²) in [6.45, 7) is 8.47. The fraction of sp³-hybridized carbons (Fsp3) is 0.118. The minimum Gasteiger partial charge on any atom is -0.354 e. The highest BCUT2D eigenvalue weighted by Crippen LogP contribution is 2.37. The van der Waals surface area contributed by atoms with E-state index in [1.807, 2.05) is 36.4 Å². The van der Waals surface area contributed by atoms with Gasteiger partial charge >= 0.3 is 0 Å². The smallest absolute Gasteiger partial charge is 0.0550 e. The van der Waals surface area contributed by atoms with Crippen LogP contribution >= 0.6 is 0 Å². The van der Waals surface area contributed by atoms with Gasteiger partial charge in [0, 0.05) is 21.7 Å². The van der Waals surface area contributed by atoms with Crippen LogP contribution in [0, 0.1) is 20.8 Å². The summed E-state index contributed by atoms with van der Waals surface area (Å²) in [5.41, 5.74) is 7.76. The molecule has 0 bridgehead atoms. The van der Waals surface area contributed by atoms with Crippen molar-refractivity contribution in [2.75, 3.05) is 0 Å². The Morgan fingerprint density at radius 3 is 1.54 bits per heavy atom. The van der Waals surface area contributed by atoms with Gasteiger partial charge in [-0.2, -0.15) is 0 Å². The van der Waals surface area contributed by atoms with Gasteiger partial charge in [0.2, 0.25) is 0 Å². The number of rotatable bonds is 1. The molecule has 0 saturated heterocycles. The van der Waals surface area contributed by atoms with Gasteiger partial charge in [-0.3, -0.25) is 0 Å². The van der Waals surface area contributed by atoms with Gasteiger partial charge in [-0.25, -0.2) is 0 Å². The van der Waals surface area contributed by atoms with Crippen molar-refractivity contribution in [3.8, 4) is 0 Å². The summed E-state index contributed by atoms with van der Waals surface area (Å²) in [6.07, 6.45) is 4.35. The highest BCUT2D eigenvalue weighted by molar-refractivity contribution is 6.21. The van der Waals surface area contributed by atoms with E-state index in [1.54, 1.807) is 0 Å². The minimum atomic E-state index is 1.20. The molecule has 1 N–H and O–H groups in total.